The minimum absolute atomic E-state index is 0.0833. The molecular weight excluding hydrogens is 264 g/mol. The zero-order valence-corrected chi connectivity index (χ0v) is 11.4. The zero-order valence-electron chi connectivity index (χ0n) is 11.4. The van der Waals surface area contributed by atoms with Gasteiger partial charge in [0.25, 0.3) is 0 Å². The van der Waals surface area contributed by atoms with Gasteiger partial charge in [0.1, 0.15) is 0 Å². The summed E-state index contributed by atoms with van der Waals surface area (Å²) in [5.74, 6) is -0.185. The molecule has 20 heavy (non-hydrogen) atoms. The number of carbonyl (C=O) groups excluding carboxylic acids is 1. The second-order valence-electron chi connectivity index (χ2n) is 5.48. The first-order chi connectivity index (χ1) is 9.46. The van der Waals surface area contributed by atoms with Crippen LogP contribution in [0.5, 0.6) is 0 Å². The Bertz CT molecular complexity index is 436. The molecule has 0 aromatic carbocycles. The number of terminal acetylenes is 1. The van der Waals surface area contributed by atoms with E-state index in [-0.39, 0.29) is 25.3 Å². The topological polar surface area (TPSA) is 45.0 Å². The highest BCUT2D eigenvalue weighted by Crippen LogP contribution is 2.38. The van der Waals surface area contributed by atoms with Crippen LogP contribution in [0.2, 0.25) is 0 Å². The van der Waals surface area contributed by atoms with Crippen molar-refractivity contribution in [2.45, 2.75) is 56.5 Å². The van der Waals surface area contributed by atoms with Crippen molar-refractivity contribution in [3.05, 3.63) is 0 Å². The normalized spacial score (nSPS) is 22.9. The van der Waals surface area contributed by atoms with Gasteiger partial charge in [-0.25, -0.2) is 8.78 Å². The standard InChI is InChI=1S/C14H19F2N3O/c1-2-3-7-14(17-18-14)8-5-12(20)19-10-4-6-13(15,16)9-11-19/h1H,3-11H2. The molecule has 2 heterocycles. The summed E-state index contributed by atoms with van der Waals surface area (Å²) in [6.45, 7) is 0.553. The number of hydrogen-bond donors (Lipinski definition) is 0. The molecule has 1 fully saturated rings. The number of halogens is 2. The summed E-state index contributed by atoms with van der Waals surface area (Å²) in [6.07, 6.45) is 7.25. The van der Waals surface area contributed by atoms with Crippen molar-refractivity contribution in [2.24, 2.45) is 10.2 Å². The quantitative estimate of drug-likeness (QED) is 0.715. The van der Waals surface area contributed by atoms with Crippen molar-refractivity contribution in [1.29, 1.82) is 0 Å². The van der Waals surface area contributed by atoms with Gasteiger partial charge in [-0.05, 0) is 6.42 Å². The van der Waals surface area contributed by atoms with E-state index in [4.69, 9.17) is 6.42 Å². The van der Waals surface area contributed by atoms with Crippen molar-refractivity contribution in [3.63, 3.8) is 0 Å². The highest BCUT2D eigenvalue weighted by molar-refractivity contribution is 5.76. The van der Waals surface area contributed by atoms with Crippen LogP contribution in [0, 0.1) is 12.3 Å². The van der Waals surface area contributed by atoms with Gasteiger partial charge in [-0.3, -0.25) is 4.79 Å². The van der Waals surface area contributed by atoms with Crippen LogP contribution < -0.4 is 0 Å². The Hall–Kier alpha value is -1.51. The molecule has 0 atom stereocenters. The van der Waals surface area contributed by atoms with Gasteiger partial charge in [0.2, 0.25) is 11.8 Å². The molecule has 0 radical (unpaired) electrons. The fraction of sp³-hybridized carbons (Fsp3) is 0.786. The van der Waals surface area contributed by atoms with Crippen molar-refractivity contribution in [3.8, 4) is 12.3 Å². The van der Waals surface area contributed by atoms with E-state index in [2.05, 4.69) is 16.1 Å². The number of hydrogen-bond acceptors (Lipinski definition) is 3. The van der Waals surface area contributed by atoms with Crippen LogP contribution in [0.25, 0.3) is 0 Å². The smallest absolute Gasteiger partial charge is 0.249 e. The third-order valence-electron chi connectivity index (χ3n) is 3.86. The molecule has 0 bridgehead atoms. The lowest BCUT2D eigenvalue weighted by atomic mass is 10.0. The van der Waals surface area contributed by atoms with Crippen molar-refractivity contribution < 1.29 is 13.6 Å². The number of alkyl halides is 2. The molecular formula is C14H19F2N3O. The van der Waals surface area contributed by atoms with E-state index in [1.165, 1.54) is 4.90 Å². The maximum absolute atomic E-state index is 13.2. The number of amides is 1. The highest BCUT2D eigenvalue weighted by atomic mass is 19.3. The molecule has 0 N–H and O–H groups in total. The van der Waals surface area contributed by atoms with E-state index in [0.717, 1.165) is 0 Å². The Labute approximate surface area is 117 Å². The number of nitrogens with zero attached hydrogens (tertiary/aromatic N) is 3. The van der Waals surface area contributed by atoms with Gasteiger partial charge >= 0.3 is 0 Å². The fourth-order valence-corrected chi connectivity index (χ4v) is 2.45. The van der Waals surface area contributed by atoms with E-state index in [1.807, 2.05) is 0 Å². The molecule has 0 aromatic heterocycles. The Kier molecular flexibility index (Phi) is 4.36. The first-order valence-corrected chi connectivity index (χ1v) is 7.00. The van der Waals surface area contributed by atoms with Gasteiger partial charge in [-0.1, -0.05) is 0 Å². The Morgan fingerprint density at radius 3 is 2.65 bits per heavy atom. The average molecular weight is 283 g/mol. The fourth-order valence-electron chi connectivity index (χ4n) is 2.45. The minimum atomic E-state index is -2.63. The van der Waals surface area contributed by atoms with Crippen molar-refractivity contribution in [2.75, 3.05) is 13.1 Å². The van der Waals surface area contributed by atoms with E-state index >= 15 is 0 Å². The molecule has 2 aliphatic heterocycles. The Morgan fingerprint density at radius 2 is 2.00 bits per heavy atom. The molecule has 0 spiro atoms. The highest BCUT2D eigenvalue weighted by Gasteiger charge is 2.40. The second kappa shape index (κ2) is 5.86. The molecule has 1 amide bonds. The summed E-state index contributed by atoms with van der Waals surface area (Å²) in [7, 11) is 0. The molecule has 110 valence electrons. The van der Waals surface area contributed by atoms with Crippen molar-refractivity contribution >= 4 is 5.91 Å². The summed E-state index contributed by atoms with van der Waals surface area (Å²) in [4.78, 5) is 13.6. The lowest BCUT2D eigenvalue weighted by Gasteiger charge is -2.21. The van der Waals surface area contributed by atoms with Crippen LogP contribution in [-0.4, -0.2) is 35.5 Å². The van der Waals surface area contributed by atoms with Gasteiger partial charge in [0, 0.05) is 51.6 Å². The number of rotatable bonds is 5. The van der Waals surface area contributed by atoms with Gasteiger partial charge < -0.3 is 4.90 Å². The van der Waals surface area contributed by atoms with Crippen LogP contribution in [0.3, 0.4) is 0 Å². The predicted octanol–water partition coefficient (Wildman–Crippen LogP) is 2.99. The van der Waals surface area contributed by atoms with E-state index in [1.54, 1.807) is 0 Å². The second-order valence-corrected chi connectivity index (χ2v) is 5.48. The summed E-state index contributed by atoms with van der Waals surface area (Å²) >= 11 is 0. The SMILES string of the molecule is C#CCCC1(CCC(=O)N2CCCC(F)(F)CC2)N=N1. The monoisotopic (exact) mass is 283 g/mol. The van der Waals surface area contributed by atoms with Gasteiger partial charge in [-0.2, -0.15) is 10.2 Å². The first-order valence-electron chi connectivity index (χ1n) is 7.00. The van der Waals surface area contributed by atoms with Crippen LogP contribution >= 0.6 is 0 Å². The Balaban J connectivity index is 1.76. The van der Waals surface area contributed by atoms with Crippen molar-refractivity contribution in [1.82, 2.24) is 4.90 Å². The molecule has 0 saturated carbocycles. The summed E-state index contributed by atoms with van der Waals surface area (Å²) in [5, 5.41) is 7.94. The Morgan fingerprint density at radius 1 is 1.25 bits per heavy atom. The molecule has 0 aliphatic carbocycles. The zero-order chi connectivity index (χ0) is 14.6. The lowest BCUT2D eigenvalue weighted by molar-refractivity contribution is -0.131. The molecule has 0 aromatic rings. The molecule has 0 unspecified atom stereocenters. The third kappa shape index (κ3) is 3.99. The van der Waals surface area contributed by atoms with Crippen LogP contribution in [0.4, 0.5) is 8.78 Å². The minimum Gasteiger partial charge on any atom is -0.342 e. The van der Waals surface area contributed by atoms with Gasteiger partial charge in [-0.15, -0.1) is 12.3 Å². The largest absolute Gasteiger partial charge is 0.342 e. The third-order valence-corrected chi connectivity index (χ3v) is 3.86. The van der Waals surface area contributed by atoms with E-state index < -0.39 is 11.6 Å². The lowest BCUT2D eigenvalue weighted by Crippen LogP contribution is -2.33. The summed E-state index contributed by atoms with van der Waals surface area (Å²) < 4.78 is 26.5. The number of carbonyl (C=O) groups is 1. The molecule has 2 rings (SSSR count). The molecule has 6 heteroatoms. The number of likely N-dealkylation sites (tertiary alicyclic amines) is 1. The summed E-state index contributed by atoms with van der Waals surface area (Å²) in [5.41, 5.74) is -0.474. The van der Waals surface area contributed by atoms with E-state index in [0.29, 0.717) is 38.6 Å². The van der Waals surface area contributed by atoms with E-state index in [9.17, 15) is 13.6 Å². The predicted molar refractivity (Wildman–Crippen MR) is 70.3 cm³/mol. The van der Waals surface area contributed by atoms with Gasteiger partial charge in [0.15, 0.2) is 5.66 Å². The summed E-state index contributed by atoms with van der Waals surface area (Å²) in [6, 6.07) is 0. The average Bonchev–Trinajstić information content (AvgIpc) is 3.19. The van der Waals surface area contributed by atoms with Gasteiger partial charge in [0.05, 0.1) is 0 Å². The maximum atomic E-state index is 13.2. The molecule has 1 saturated heterocycles. The van der Waals surface area contributed by atoms with Crippen LogP contribution in [-0.2, 0) is 4.79 Å². The first kappa shape index (κ1) is 14.9. The van der Waals surface area contributed by atoms with Crippen LogP contribution in [0.1, 0.15) is 44.9 Å². The molecule has 4 nitrogen and oxygen atoms in total. The van der Waals surface area contributed by atoms with Crippen LogP contribution in [0.15, 0.2) is 10.2 Å². The maximum Gasteiger partial charge on any atom is 0.249 e. The molecule has 2 aliphatic rings.